The van der Waals surface area contributed by atoms with E-state index in [2.05, 4.69) is 4.98 Å². The van der Waals surface area contributed by atoms with Gasteiger partial charge in [0, 0.05) is 10.9 Å². The molecule has 1 aromatic heterocycles. The third kappa shape index (κ3) is 2.57. The first-order chi connectivity index (χ1) is 9.62. The van der Waals surface area contributed by atoms with Gasteiger partial charge in [0.2, 0.25) is 5.75 Å². The Morgan fingerprint density at radius 1 is 1.10 bits per heavy atom. The van der Waals surface area contributed by atoms with Gasteiger partial charge in [-0.3, -0.25) is 0 Å². The maximum Gasteiger partial charge on any atom is 0.203 e. The Morgan fingerprint density at radius 3 is 2.30 bits per heavy atom. The Hall–Kier alpha value is -1.79. The number of rotatable bonds is 5. The first-order valence-electron chi connectivity index (χ1n) is 6.12. The molecule has 20 heavy (non-hydrogen) atoms. The van der Waals surface area contributed by atoms with Crippen molar-refractivity contribution in [3.63, 3.8) is 0 Å². The Labute approximate surface area is 122 Å². The van der Waals surface area contributed by atoms with Gasteiger partial charge in [0.25, 0.3) is 0 Å². The van der Waals surface area contributed by atoms with Crippen LogP contribution >= 0.6 is 11.3 Å². The topological polar surface area (TPSA) is 66.6 Å². The highest BCUT2D eigenvalue weighted by molar-refractivity contribution is 7.10. The molecule has 2 N–H and O–H groups in total. The third-order valence-corrected chi connectivity index (χ3v) is 3.94. The zero-order valence-electron chi connectivity index (χ0n) is 12.0. The van der Waals surface area contributed by atoms with E-state index in [-0.39, 0.29) is 6.04 Å². The molecule has 5 nitrogen and oxygen atoms in total. The first kappa shape index (κ1) is 14.6. The van der Waals surface area contributed by atoms with Crippen LogP contribution in [0.25, 0.3) is 11.3 Å². The number of thiazole rings is 1. The molecule has 0 amide bonds. The van der Waals surface area contributed by atoms with Crippen molar-refractivity contribution in [3.8, 4) is 28.5 Å². The van der Waals surface area contributed by atoms with Crippen LogP contribution in [-0.4, -0.2) is 26.3 Å². The molecule has 0 fully saturated rings. The smallest absolute Gasteiger partial charge is 0.203 e. The van der Waals surface area contributed by atoms with Gasteiger partial charge in [-0.2, -0.15) is 0 Å². The lowest BCUT2D eigenvalue weighted by Gasteiger charge is -2.14. The summed E-state index contributed by atoms with van der Waals surface area (Å²) in [5.41, 5.74) is 7.52. The highest BCUT2D eigenvalue weighted by Gasteiger charge is 2.19. The Kier molecular flexibility index (Phi) is 4.46. The number of nitrogens with two attached hydrogens (primary N) is 1. The summed E-state index contributed by atoms with van der Waals surface area (Å²) < 4.78 is 16.1. The zero-order chi connectivity index (χ0) is 14.7. The van der Waals surface area contributed by atoms with Gasteiger partial charge in [-0.1, -0.05) is 0 Å². The fraction of sp³-hybridized carbons (Fsp3) is 0.357. The van der Waals surface area contributed by atoms with E-state index >= 15 is 0 Å². The fourth-order valence-corrected chi connectivity index (χ4v) is 2.70. The predicted molar refractivity (Wildman–Crippen MR) is 79.8 cm³/mol. The van der Waals surface area contributed by atoms with E-state index in [0.29, 0.717) is 17.2 Å². The van der Waals surface area contributed by atoms with E-state index in [0.717, 1.165) is 16.3 Å². The van der Waals surface area contributed by atoms with Crippen LogP contribution in [0.15, 0.2) is 17.5 Å². The minimum absolute atomic E-state index is 0.0834. The molecule has 2 aromatic rings. The van der Waals surface area contributed by atoms with E-state index in [1.165, 1.54) is 11.3 Å². The number of aromatic nitrogens is 1. The molecule has 1 heterocycles. The van der Waals surface area contributed by atoms with Crippen LogP contribution < -0.4 is 19.9 Å². The third-order valence-electron chi connectivity index (χ3n) is 2.89. The number of hydrogen-bond donors (Lipinski definition) is 1. The van der Waals surface area contributed by atoms with Crippen molar-refractivity contribution in [2.75, 3.05) is 21.3 Å². The summed E-state index contributed by atoms with van der Waals surface area (Å²) in [6.07, 6.45) is 0. The molecule has 0 radical (unpaired) electrons. The summed E-state index contributed by atoms with van der Waals surface area (Å²) in [6, 6.07) is 3.65. The van der Waals surface area contributed by atoms with Gasteiger partial charge in [-0.15, -0.1) is 11.3 Å². The Morgan fingerprint density at radius 2 is 1.80 bits per heavy atom. The lowest BCUT2D eigenvalue weighted by atomic mass is 10.1. The molecular weight excluding hydrogens is 276 g/mol. The molecule has 0 spiro atoms. The molecular formula is C14H18N2O3S. The van der Waals surface area contributed by atoms with Crippen molar-refractivity contribution >= 4 is 11.3 Å². The number of ether oxygens (including phenoxy) is 3. The Bertz CT molecular complexity index is 596. The van der Waals surface area contributed by atoms with Crippen LogP contribution in [0.3, 0.4) is 0 Å². The number of benzene rings is 1. The van der Waals surface area contributed by atoms with Crippen molar-refractivity contribution in [2.45, 2.75) is 13.0 Å². The quantitative estimate of drug-likeness (QED) is 0.918. The van der Waals surface area contributed by atoms with Crippen LogP contribution in [0.5, 0.6) is 17.2 Å². The monoisotopic (exact) mass is 294 g/mol. The summed E-state index contributed by atoms with van der Waals surface area (Å²) in [5.74, 6) is 1.78. The SMILES string of the molecule is COc1ccc(-c2csc(C(C)N)n2)c(OC)c1OC. The van der Waals surface area contributed by atoms with E-state index < -0.39 is 0 Å². The second-order valence-electron chi connectivity index (χ2n) is 4.24. The highest BCUT2D eigenvalue weighted by atomic mass is 32.1. The maximum atomic E-state index is 5.85. The average molecular weight is 294 g/mol. The second kappa shape index (κ2) is 6.11. The molecule has 6 heteroatoms. The molecule has 1 unspecified atom stereocenters. The number of hydrogen-bond acceptors (Lipinski definition) is 6. The normalized spacial score (nSPS) is 12.1. The number of methoxy groups -OCH3 is 3. The molecule has 0 bridgehead atoms. The molecule has 2 rings (SSSR count). The summed E-state index contributed by atoms with van der Waals surface area (Å²) >= 11 is 1.53. The summed E-state index contributed by atoms with van der Waals surface area (Å²) in [4.78, 5) is 4.54. The van der Waals surface area contributed by atoms with Gasteiger partial charge >= 0.3 is 0 Å². The summed E-state index contributed by atoms with van der Waals surface area (Å²) in [6.45, 7) is 1.91. The van der Waals surface area contributed by atoms with Crippen molar-refractivity contribution in [1.29, 1.82) is 0 Å². The van der Waals surface area contributed by atoms with E-state index in [9.17, 15) is 0 Å². The van der Waals surface area contributed by atoms with E-state index in [4.69, 9.17) is 19.9 Å². The molecule has 108 valence electrons. The molecule has 1 aromatic carbocycles. The minimum Gasteiger partial charge on any atom is -0.493 e. The van der Waals surface area contributed by atoms with E-state index in [1.54, 1.807) is 21.3 Å². The predicted octanol–water partition coefficient (Wildman–Crippen LogP) is 2.86. The van der Waals surface area contributed by atoms with Gasteiger partial charge in [-0.05, 0) is 19.1 Å². The van der Waals surface area contributed by atoms with E-state index in [1.807, 2.05) is 24.4 Å². The molecule has 0 saturated heterocycles. The lowest BCUT2D eigenvalue weighted by molar-refractivity contribution is 0.325. The van der Waals surface area contributed by atoms with Crippen LogP contribution in [0.4, 0.5) is 0 Å². The second-order valence-corrected chi connectivity index (χ2v) is 5.13. The van der Waals surface area contributed by atoms with Gasteiger partial charge in [0.05, 0.1) is 33.1 Å². The molecule has 1 atom stereocenters. The van der Waals surface area contributed by atoms with Gasteiger partial charge in [0.15, 0.2) is 11.5 Å². The summed E-state index contributed by atoms with van der Waals surface area (Å²) in [5, 5.41) is 2.85. The maximum absolute atomic E-state index is 5.85. The van der Waals surface area contributed by atoms with Crippen LogP contribution in [0, 0.1) is 0 Å². The van der Waals surface area contributed by atoms with Crippen molar-refractivity contribution in [2.24, 2.45) is 5.73 Å². The standard InChI is InChI=1S/C14H18N2O3S/c1-8(15)14-16-10(7-20-14)9-5-6-11(17-2)13(19-4)12(9)18-3/h5-8H,15H2,1-4H3. The van der Waals surface area contributed by atoms with Gasteiger partial charge in [0.1, 0.15) is 5.01 Å². The largest absolute Gasteiger partial charge is 0.493 e. The van der Waals surface area contributed by atoms with Gasteiger partial charge < -0.3 is 19.9 Å². The van der Waals surface area contributed by atoms with Crippen molar-refractivity contribution in [1.82, 2.24) is 4.98 Å². The average Bonchev–Trinajstić information content (AvgIpc) is 2.95. The molecule has 0 aliphatic carbocycles. The first-order valence-corrected chi connectivity index (χ1v) is 7.00. The summed E-state index contributed by atoms with van der Waals surface area (Å²) in [7, 11) is 4.77. The lowest BCUT2D eigenvalue weighted by Crippen LogP contribution is -2.04. The van der Waals surface area contributed by atoms with Crippen LogP contribution in [0.2, 0.25) is 0 Å². The van der Waals surface area contributed by atoms with Crippen molar-refractivity contribution < 1.29 is 14.2 Å². The van der Waals surface area contributed by atoms with Gasteiger partial charge in [-0.25, -0.2) is 4.98 Å². The van der Waals surface area contributed by atoms with Crippen molar-refractivity contribution in [3.05, 3.63) is 22.5 Å². The molecule has 0 saturated carbocycles. The number of nitrogens with zero attached hydrogens (tertiary/aromatic N) is 1. The van der Waals surface area contributed by atoms with Crippen LogP contribution in [0.1, 0.15) is 18.0 Å². The Balaban J connectivity index is 2.55. The highest BCUT2D eigenvalue weighted by Crippen LogP contribution is 2.44. The van der Waals surface area contributed by atoms with Crippen LogP contribution in [-0.2, 0) is 0 Å². The molecule has 0 aliphatic heterocycles. The minimum atomic E-state index is -0.0834. The zero-order valence-corrected chi connectivity index (χ0v) is 12.8. The molecule has 0 aliphatic rings. The fourth-order valence-electron chi connectivity index (χ4n) is 1.92.